The number of aryl methyl sites for hydroxylation is 1. The van der Waals surface area contributed by atoms with E-state index in [-0.39, 0.29) is 27.2 Å². The summed E-state index contributed by atoms with van der Waals surface area (Å²) in [5.74, 6) is -1.59. The topological polar surface area (TPSA) is 106 Å². The Bertz CT molecular complexity index is 1190. The van der Waals surface area contributed by atoms with Crippen molar-refractivity contribution in [1.29, 1.82) is 0 Å². The molecule has 0 radical (unpaired) electrons. The van der Waals surface area contributed by atoms with Gasteiger partial charge in [0.25, 0.3) is 5.91 Å². The smallest absolute Gasteiger partial charge is 0.337 e. The van der Waals surface area contributed by atoms with E-state index in [1.54, 1.807) is 14.0 Å². The summed E-state index contributed by atoms with van der Waals surface area (Å²) in [5.41, 5.74) is 4.34. The van der Waals surface area contributed by atoms with Gasteiger partial charge in [-0.1, -0.05) is 0 Å². The fraction of sp³-hybridized carbons (Fsp3) is 0.143. The van der Waals surface area contributed by atoms with E-state index in [1.807, 2.05) is 0 Å². The van der Waals surface area contributed by atoms with E-state index in [0.717, 1.165) is 0 Å². The summed E-state index contributed by atoms with van der Waals surface area (Å²) in [7, 11) is 2.90. The molecule has 0 fully saturated rings. The fourth-order valence-electron chi connectivity index (χ4n) is 2.85. The fourth-order valence-corrected chi connectivity index (χ4v) is 3.23. The number of nitrogens with one attached hydrogen (secondary N) is 1. The maximum Gasteiger partial charge on any atom is 0.337 e. The van der Waals surface area contributed by atoms with Gasteiger partial charge in [0.15, 0.2) is 11.4 Å². The minimum atomic E-state index is -0.506. The Balaban J connectivity index is 1.81. The minimum absolute atomic E-state index is 0.154. The number of aromatic nitrogens is 2. The number of amides is 1. The van der Waals surface area contributed by atoms with Crippen LogP contribution < -0.4 is 5.43 Å². The molecule has 0 spiro atoms. The predicted octanol–water partition coefficient (Wildman–Crippen LogP) is 3.63. The molecule has 0 unspecified atom stereocenters. The molecule has 0 saturated heterocycles. The number of carbonyl (C=O) groups is 2. The number of esters is 1. The van der Waals surface area contributed by atoms with E-state index in [2.05, 4.69) is 36.3 Å². The summed E-state index contributed by atoms with van der Waals surface area (Å²) in [4.78, 5) is 23.8. The van der Waals surface area contributed by atoms with Crippen LogP contribution in [0.25, 0.3) is 11.3 Å². The average molecular weight is 489 g/mol. The number of ether oxygens (including phenoxy) is 1. The zero-order valence-electron chi connectivity index (χ0n) is 16.8. The molecule has 0 atom stereocenters. The van der Waals surface area contributed by atoms with Crippen molar-refractivity contribution in [1.82, 2.24) is 15.2 Å². The van der Waals surface area contributed by atoms with Gasteiger partial charge >= 0.3 is 5.97 Å². The summed E-state index contributed by atoms with van der Waals surface area (Å²) in [6.45, 7) is 1.58. The van der Waals surface area contributed by atoms with E-state index in [9.17, 15) is 19.1 Å². The van der Waals surface area contributed by atoms with Gasteiger partial charge < -0.3 is 9.84 Å². The molecule has 0 aliphatic carbocycles. The number of aromatic hydroxyl groups is 1. The molecule has 3 aromatic rings. The van der Waals surface area contributed by atoms with Crippen molar-refractivity contribution in [2.45, 2.75) is 6.92 Å². The molecule has 1 aromatic heterocycles. The number of nitrogens with zero attached hydrogens (tertiary/aromatic N) is 3. The van der Waals surface area contributed by atoms with Crippen molar-refractivity contribution in [3.8, 4) is 17.0 Å². The van der Waals surface area contributed by atoms with Crippen LogP contribution in [0.1, 0.15) is 33.3 Å². The van der Waals surface area contributed by atoms with Crippen LogP contribution in [0.4, 0.5) is 4.39 Å². The van der Waals surface area contributed by atoms with Crippen LogP contribution in [-0.4, -0.2) is 39.6 Å². The Hall–Kier alpha value is -3.53. The van der Waals surface area contributed by atoms with Gasteiger partial charge in [-0.2, -0.15) is 10.2 Å². The highest BCUT2D eigenvalue weighted by Crippen LogP contribution is 2.34. The lowest BCUT2D eigenvalue weighted by molar-refractivity contribution is 0.0600. The van der Waals surface area contributed by atoms with E-state index >= 15 is 0 Å². The quantitative estimate of drug-likeness (QED) is 0.324. The monoisotopic (exact) mass is 488 g/mol. The molecule has 31 heavy (non-hydrogen) atoms. The molecular formula is C21H18BrFN4O4. The summed E-state index contributed by atoms with van der Waals surface area (Å²) >= 11 is 3.12. The van der Waals surface area contributed by atoms with Crippen LogP contribution in [0.5, 0.6) is 5.75 Å². The van der Waals surface area contributed by atoms with Crippen LogP contribution in [0.15, 0.2) is 52.0 Å². The number of carbonyl (C=O) groups excluding carboxylic acids is 2. The second kappa shape index (κ2) is 9.09. The van der Waals surface area contributed by atoms with E-state index < -0.39 is 17.7 Å². The highest BCUT2D eigenvalue weighted by molar-refractivity contribution is 9.10. The summed E-state index contributed by atoms with van der Waals surface area (Å²) in [6, 6.07) is 10.2. The lowest BCUT2D eigenvalue weighted by Crippen LogP contribution is -2.19. The lowest BCUT2D eigenvalue weighted by atomic mass is 10.1. The first-order valence-electron chi connectivity index (χ1n) is 8.97. The number of halogens is 2. The molecule has 0 saturated carbocycles. The van der Waals surface area contributed by atoms with Gasteiger partial charge in [-0.25, -0.2) is 14.6 Å². The number of hydrogen-bond acceptors (Lipinski definition) is 6. The molecule has 160 valence electrons. The normalized spacial score (nSPS) is 11.3. The zero-order valence-corrected chi connectivity index (χ0v) is 18.4. The van der Waals surface area contributed by atoms with Gasteiger partial charge in [0.1, 0.15) is 11.5 Å². The van der Waals surface area contributed by atoms with Crippen molar-refractivity contribution in [3.63, 3.8) is 0 Å². The molecule has 8 nitrogen and oxygen atoms in total. The van der Waals surface area contributed by atoms with Crippen molar-refractivity contribution in [2.75, 3.05) is 7.11 Å². The molecule has 2 N–H and O–H groups in total. The molecule has 0 aliphatic heterocycles. The van der Waals surface area contributed by atoms with Crippen LogP contribution in [-0.2, 0) is 11.8 Å². The van der Waals surface area contributed by atoms with E-state index in [0.29, 0.717) is 16.8 Å². The van der Waals surface area contributed by atoms with Gasteiger partial charge in [-0.3, -0.25) is 9.48 Å². The summed E-state index contributed by atoms with van der Waals surface area (Å²) in [5, 5.41) is 18.9. The van der Waals surface area contributed by atoms with Crippen LogP contribution >= 0.6 is 15.9 Å². The standard InChI is InChI=1S/C21H18BrFN4O4/c1-11(24-25-20(29)12-4-6-13(7-5-12)21(30)31-3)17-19(28)18(27(2)26-17)14-8-9-16(23)15(22)10-14/h4-10,28H,1-3H3,(H,25,29)/b24-11-. The van der Waals surface area contributed by atoms with Crippen molar-refractivity contribution in [3.05, 3.63) is 69.6 Å². The largest absolute Gasteiger partial charge is 0.504 e. The Labute approximate surface area is 185 Å². The SMILES string of the molecule is COC(=O)c1ccc(C(=O)N/N=C(/C)c2nn(C)c(-c3ccc(F)c(Br)c3)c2O)cc1. The van der Waals surface area contributed by atoms with Crippen molar-refractivity contribution in [2.24, 2.45) is 12.1 Å². The second-order valence-electron chi connectivity index (χ2n) is 6.51. The Kier molecular flexibility index (Phi) is 6.50. The first kappa shape index (κ1) is 22.2. The average Bonchev–Trinajstić information content (AvgIpc) is 3.07. The first-order chi connectivity index (χ1) is 14.7. The molecule has 10 heteroatoms. The molecule has 3 rings (SSSR count). The number of methoxy groups -OCH3 is 1. The third kappa shape index (κ3) is 4.64. The summed E-state index contributed by atoms with van der Waals surface area (Å²) in [6.07, 6.45) is 0. The third-order valence-corrected chi connectivity index (χ3v) is 5.06. The van der Waals surface area contributed by atoms with Crippen LogP contribution in [0.3, 0.4) is 0 Å². The molecular weight excluding hydrogens is 471 g/mol. The number of hydrogen-bond donors (Lipinski definition) is 2. The Morgan fingerprint density at radius 1 is 1.19 bits per heavy atom. The molecule has 0 bridgehead atoms. The first-order valence-corrected chi connectivity index (χ1v) is 9.77. The number of rotatable bonds is 5. The molecule has 1 amide bonds. The lowest BCUT2D eigenvalue weighted by Gasteiger charge is -2.04. The van der Waals surface area contributed by atoms with Gasteiger partial charge in [0, 0.05) is 18.2 Å². The highest BCUT2D eigenvalue weighted by Gasteiger charge is 2.20. The van der Waals surface area contributed by atoms with E-state index in [4.69, 9.17) is 0 Å². The van der Waals surface area contributed by atoms with Gasteiger partial charge in [-0.15, -0.1) is 0 Å². The van der Waals surface area contributed by atoms with Gasteiger partial charge in [-0.05, 0) is 65.3 Å². The molecule has 2 aromatic carbocycles. The van der Waals surface area contributed by atoms with Crippen molar-refractivity contribution >= 4 is 33.5 Å². The molecule has 1 heterocycles. The van der Waals surface area contributed by atoms with Crippen molar-refractivity contribution < 1.29 is 23.8 Å². The van der Waals surface area contributed by atoms with Crippen LogP contribution in [0, 0.1) is 5.82 Å². The maximum atomic E-state index is 13.5. The molecule has 0 aliphatic rings. The maximum absolute atomic E-state index is 13.5. The predicted molar refractivity (Wildman–Crippen MR) is 115 cm³/mol. The third-order valence-electron chi connectivity index (χ3n) is 4.45. The zero-order chi connectivity index (χ0) is 22.7. The number of benzene rings is 2. The minimum Gasteiger partial charge on any atom is -0.504 e. The van der Waals surface area contributed by atoms with Crippen LogP contribution in [0.2, 0.25) is 0 Å². The Morgan fingerprint density at radius 3 is 2.45 bits per heavy atom. The Morgan fingerprint density at radius 2 is 1.84 bits per heavy atom. The summed E-state index contributed by atoms with van der Waals surface area (Å²) < 4.78 is 19.8. The highest BCUT2D eigenvalue weighted by atomic mass is 79.9. The van der Waals surface area contributed by atoms with Gasteiger partial charge in [0.2, 0.25) is 0 Å². The number of hydrazone groups is 1. The second-order valence-corrected chi connectivity index (χ2v) is 7.36. The van der Waals surface area contributed by atoms with E-state index in [1.165, 1.54) is 54.3 Å². The van der Waals surface area contributed by atoms with Gasteiger partial charge in [0.05, 0.1) is 22.9 Å².